The first-order valence-corrected chi connectivity index (χ1v) is 16.0. The van der Waals surface area contributed by atoms with Gasteiger partial charge in [-0.05, 0) is 65.8 Å². The van der Waals surface area contributed by atoms with Crippen LogP contribution in [0, 0.1) is 0 Å². The quantitative estimate of drug-likeness (QED) is 0.282. The fourth-order valence-electron chi connectivity index (χ4n) is 3.96. The number of ether oxygens (including phenoxy) is 2. The number of hydrogen-bond acceptors (Lipinski definition) is 8. The van der Waals surface area contributed by atoms with Gasteiger partial charge in [0.05, 0.1) is 23.6 Å². The van der Waals surface area contributed by atoms with Crippen LogP contribution in [0.5, 0.6) is 0 Å². The van der Waals surface area contributed by atoms with Crippen LogP contribution in [0.25, 0.3) is 11.3 Å². The van der Waals surface area contributed by atoms with E-state index in [2.05, 4.69) is 9.97 Å². The molecule has 0 aliphatic carbocycles. The highest BCUT2D eigenvalue weighted by Gasteiger charge is 2.32. The molecule has 0 fully saturated rings. The summed E-state index contributed by atoms with van der Waals surface area (Å²) in [5.74, 6) is 0. The Balaban J connectivity index is 0.000000220. The summed E-state index contributed by atoms with van der Waals surface area (Å²) < 4.78 is 61.5. The van der Waals surface area contributed by atoms with Crippen LogP contribution in [-0.4, -0.2) is 58.3 Å². The zero-order chi connectivity index (χ0) is 29.8. The van der Waals surface area contributed by atoms with Gasteiger partial charge < -0.3 is 18.3 Å². The van der Waals surface area contributed by atoms with Crippen molar-refractivity contribution in [1.82, 2.24) is 18.8 Å². The van der Waals surface area contributed by atoms with Gasteiger partial charge in [0.2, 0.25) is 20.0 Å². The molecule has 0 aliphatic heterocycles. The highest BCUT2D eigenvalue weighted by molar-refractivity contribution is 7.90. The van der Waals surface area contributed by atoms with Crippen LogP contribution in [-0.2, 0) is 29.5 Å². The van der Waals surface area contributed by atoms with E-state index in [-0.39, 0.29) is 12.2 Å². The molecule has 0 spiro atoms. The first-order chi connectivity index (χ1) is 18.6. The minimum atomic E-state index is -3.71. The second-order valence-corrected chi connectivity index (χ2v) is 13.9. The average molecular weight is 595 g/mol. The minimum absolute atomic E-state index is 0.131. The molecule has 0 bridgehead atoms. The third-order valence-electron chi connectivity index (χ3n) is 6.07. The maximum atomic E-state index is 11.6. The SMILES string of the molecule is CC(C)O[C@@H](c1cn2ccccc2n1)[C@H](C)S(N)(=O)=O.CC(C)O[C@H](c1cn2ccccc2n1)[C@@H](C)S(N)(=O)=O. The van der Waals surface area contributed by atoms with Gasteiger partial charge in [-0.1, -0.05) is 12.1 Å². The van der Waals surface area contributed by atoms with Crippen molar-refractivity contribution in [2.45, 2.75) is 76.5 Å². The Kier molecular flexibility index (Phi) is 10.1. The molecule has 0 aromatic carbocycles. The Morgan fingerprint density at radius 1 is 0.650 bits per heavy atom. The van der Waals surface area contributed by atoms with E-state index in [0.29, 0.717) is 11.4 Å². The van der Waals surface area contributed by atoms with E-state index in [0.717, 1.165) is 11.3 Å². The molecular weight excluding hydrogens is 556 g/mol. The molecule has 0 saturated carbocycles. The number of aromatic nitrogens is 4. The molecule has 220 valence electrons. The lowest BCUT2D eigenvalue weighted by molar-refractivity contribution is 0.00413. The molecule has 0 unspecified atom stereocenters. The van der Waals surface area contributed by atoms with Gasteiger partial charge in [-0.25, -0.2) is 37.1 Å². The van der Waals surface area contributed by atoms with Crippen molar-refractivity contribution in [3.8, 4) is 0 Å². The Morgan fingerprint density at radius 3 is 1.27 bits per heavy atom. The molecule has 0 aliphatic rings. The number of nitrogens with zero attached hydrogens (tertiary/aromatic N) is 4. The van der Waals surface area contributed by atoms with Gasteiger partial charge in [0, 0.05) is 24.8 Å². The van der Waals surface area contributed by atoms with Gasteiger partial charge >= 0.3 is 0 Å². The molecule has 4 heterocycles. The molecule has 4 rings (SSSR count). The Morgan fingerprint density at radius 2 is 1.00 bits per heavy atom. The molecule has 12 nitrogen and oxygen atoms in total. The highest BCUT2D eigenvalue weighted by Crippen LogP contribution is 2.27. The first-order valence-electron chi connectivity index (χ1n) is 12.8. The van der Waals surface area contributed by atoms with Crippen LogP contribution in [0.3, 0.4) is 0 Å². The van der Waals surface area contributed by atoms with Crippen LogP contribution in [0.2, 0.25) is 0 Å². The molecule has 4 aromatic rings. The van der Waals surface area contributed by atoms with E-state index in [1.165, 1.54) is 13.8 Å². The van der Waals surface area contributed by atoms with Gasteiger partial charge in [0.1, 0.15) is 34.0 Å². The predicted molar refractivity (Wildman–Crippen MR) is 153 cm³/mol. The number of fused-ring (bicyclic) bond motifs is 2. The Bertz CT molecular complexity index is 1440. The number of imidazole rings is 2. The molecule has 0 amide bonds. The summed E-state index contributed by atoms with van der Waals surface area (Å²) in [6.45, 7) is 10.5. The number of primary sulfonamides is 2. The van der Waals surface area contributed by atoms with Crippen LogP contribution in [0.1, 0.15) is 65.1 Å². The van der Waals surface area contributed by atoms with E-state index >= 15 is 0 Å². The summed E-state index contributed by atoms with van der Waals surface area (Å²) in [6, 6.07) is 11.2. The smallest absolute Gasteiger partial charge is 0.214 e. The normalized spacial score (nSPS) is 15.7. The van der Waals surface area contributed by atoms with Gasteiger partial charge in [-0.3, -0.25) is 0 Å². The molecular formula is C26H38N6O6S2. The molecule has 4 atom stereocenters. The van der Waals surface area contributed by atoms with Crippen molar-refractivity contribution in [1.29, 1.82) is 0 Å². The highest BCUT2D eigenvalue weighted by atomic mass is 32.2. The lowest BCUT2D eigenvalue weighted by atomic mass is 10.2. The van der Waals surface area contributed by atoms with Gasteiger partial charge in [-0.15, -0.1) is 0 Å². The van der Waals surface area contributed by atoms with E-state index in [4.69, 9.17) is 19.8 Å². The Hall–Kier alpha value is -2.88. The number of sulfonamides is 2. The molecule has 0 radical (unpaired) electrons. The number of hydrogen-bond donors (Lipinski definition) is 2. The average Bonchev–Trinajstić information content (AvgIpc) is 3.48. The summed E-state index contributed by atoms with van der Waals surface area (Å²) in [5, 5.41) is 8.76. The summed E-state index contributed by atoms with van der Waals surface area (Å²) in [4.78, 5) is 8.84. The second-order valence-electron chi connectivity index (χ2n) is 10.1. The predicted octanol–water partition coefficient (Wildman–Crippen LogP) is 2.95. The summed E-state index contributed by atoms with van der Waals surface area (Å²) in [7, 11) is -7.42. The van der Waals surface area contributed by atoms with Crippen LogP contribution < -0.4 is 10.3 Å². The van der Waals surface area contributed by atoms with Crippen molar-refractivity contribution < 1.29 is 26.3 Å². The molecule has 4 aromatic heterocycles. The van der Waals surface area contributed by atoms with Gasteiger partial charge in [0.15, 0.2) is 0 Å². The maximum absolute atomic E-state index is 11.6. The minimum Gasteiger partial charge on any atom is -0.368 e. The summed E-state index contributed by atoms with van der Waals surface area (Å²) in [6.07, 6.45) is 5.59. The molecule has 4 N–H and O–H groups in total. The topological polar surface area (TPSA) is 173 Å². The van der Waals surface area contributed by atoms with Crippen molar-refractivity contribution in [2.24, 2.45) is 10.3 Å². The van der Waals surface area contributed by atoms with Crippen LogP contribution >= 0.6 is 0 Å². The van der Waals surface area contributed by atoms with E-state index < -0.39 is 42.8 Å². The van der Waals surface area contributed by atoms with Crippen molar-refractivity contribution >= 4 is 31.3 Å². The van der Waals surface area contributed by atoms with Crippen LogP contribution in [0.4, 0.5) is 0 Å². The fourth-order valence-corrected chi connectivity index (χ4v) is 5.05. The molecule has 0 saturated heterocycles. The van der Waals surface area contributed by atoms with Crippen molar-refractivity contribution in [2.75, 3.05) is 0 Å². The number of rotatable bonds is 10. The summed E-state index contributed by atoms with van der Waals surface area (Å²) >= 11 is 0. The first kappa shape index (κ1) is 31.6. The van der Waals surface area contributed by atoms with E-state index in [9.17, 15) is 16.8 Å². The maximum Gasteiger partial charge on any atom is 0.214 e. The van der Waals surface area contributed by atoms with Crippen molar-refractivity contribution in [3.63, 3.8) is 0 Å². The summed E-state index contributed by atoms with van der Waals surface area (Å²) in [5.41, 5.74) is 2.60. The second kappa shape index (κ2) is 12.7. The van der Waals surface area contributed by atoms with E-state index in [1.54, 1.807) is 12.4 Å². The lowest BCUT2D eigenvalue weighted by Crippen LogP contribution is -2.34. The number of nitrogens with two attached hydrogens (primary N) is 2. The monoisotopic (exact) mass is 594 g/mol. The molecule has 40 heavy (non-hydrogen) atoms. The lowest BCUT2D eigenvalue weighted by Gasteiger charge is -2.23. The zero-order valence-corrected chi connectivity index (χ0v) is 25.1. The third-order valence-corrected chi connectivity index (χ3v) is 8.64. The van der Waals surface area contributed by atoms with E-state index in [1.807, 2.05) is 85.3 Å². The zero-order valence-electron chi connectivity index (χ0n) is 23.4. The largest absolute Gasteiger partial charge is 0.368 e. The van der Waals surface area contributed by atoms with Gasteiger partial charge in [0.25, 0.3) is 0 Å². The Labute approximate surface area is 235 Å². The van der Waals surface area contributed by atoms with Gasteiger partial charge in [-0.2, -0.15) is 0 Å². The number of pyridine rings is 2. The molecule has 14 heteroatoms. The standard InChI is InChI=1S/2C13H19N3O3S/c2*1-9(2)19-13(10(3)20(14,17)18)11-8-16-7-5-4-6-12(16)15-11/h2*4-10,13H,1-3H3,(H2,14,17,18)/t2*10-,13+/m10/s1. The third kappa shape index (κ3) is 8.08. The fraction of sp³-hybridized carbons (Fsp3) is 0.462. The van der Waals surface area contributed by atoms with Crippen molar-refractivity contribution in [3.05, 3.63) is 72.6 Å². The van der Waals surface area contributed by atoms with Crippen LogP contribution in [0.15, 0.2) is 61.2 Å².